The van der Waals surface area contributed by atoms with Gasteiger partial charge in [-0.2, -0.15) is 0 Å². The molecular formula is C26H28N2O4. The first-order chi connectivity index (χ1) is 15.4. The Hall–Kier alpha value is -3.38. The Bertz CT molecular complexity index is 1140. The summed E-state index contributed by atoms with van der Waals surface area (Å²) in [7, 11) is 1.73. The standard InChI is InChI=1S/C26H28N2O4/c1-19(20-8-10-21(11-9-20)22-12-13-24(30)27(2)18-22)28-16-14-26(15-17-29,32-25(28)31)23-6-4-3-5-7-23/h3-13,18-19,29H,14-17H2,1-2H3/t19?,26-/m0/s1. The van der Waals surface area contributed by atoms with E-state index in [-0.39, 0.29) is 24.3 Å². The van der Waals surface area contributed by atoms with E-state index in [9.17, 15) is 14.7 Å². The minimum Gasteiger partial charge on any atom is -0.438 e. The average molecular weight is 433 g/mol. The van der Waals surface area contributed by atoms with Crippen LogP contribution in [0.4, 0.5) is 4.79 Å². The first-order valence-corrected chi connectivity index (χ1v) is 10.9. The van der Waals surface area contributed by atoms with Gasteiger partial charge in [-0.25, -0.2) is 4.79 Å². The second kappa shape index (κ2) is 9.01. The van der Waals surface area contributed by atoms with E-state index in [4.69, 9.17) is 4.74 Å². The molecule has 2 atom stereocenters. The van der Waals surface area contributed by atoms with Gasteiger partial charge in [0.1, 0.15) is 5.60 Å². The van der Waals surface area contributed by atoms with Gasteiger partial charge >= 0.3 is 6.09 Å². The summed E-state index contributed by atoms with van der Waals surface area (Å²) in [5.41, 5.74) is 3.04. The van der Waals surface area contributed by atoms with Crippen LogP contribution in [0.25, 0.3) is 11.1 Å². The van der Waals surface area contributed by atoms with Crippen LogP contribution in [-0.2, 0) is 17.4 Å². The van der Waals surface area contributed by atoms with Crippen LogP contribution in [0.3, 0.4) is 0 Å². The highest BCUT2D eigenvalue weighted by molar-refractivity contribution is 5.70. The molecule has 0 saturated carbocycles. The number of hydrogen-bond donors (Lipinski definition) is 1. The van der Waals surface area contributed by atoms with Gasteiger partial charge < -0.3 is 19.3 Å². The normalized spacial score (nSPS) is 19.5. The Balaban J connectivity index is 1.51. The molecule has 1 unspecified atom stereocenters. The molecule has 2 heterocycles. The van der Waals surface area contributed by atoms with Crippen molar-refractivity contribution in [3.63, 3.8) is 0 Å². The Kier molecular flexibility index (Phi) is 6.15. The summed E-state index contributed by atoms with van der Waals surface area (Å²) >= 11 is 0. The zero-order chi connectivity index (χ0) is 22.7. The molecule has 0 radical (unpaired) electrons. The van der Waals surface area contributed by atoms with Crippen molar-refractivity contribution < 1.29 is 14.6 Å². The van der Waals surface area contributed by atoms with Crippen LogP contribution in [0, 0.1) is 0 Å². The molecule has 0 aliphatic carbocycles. The van der Waals surface area contributed by atoms with Crippen molar-refractivity contribution >= 4 is 6.09 Å². The number of cyclic esters (lactones) is 1. The largest absolute Gasteiger partial charge is 0.438 e. The van der Waals surface area contributed by atoms with E-state index in [1.165, 1.54) is 0 Å². The zero-order valence-corrected chi connectivity index (χ0v) is 18.4. The third kappa shape index (κ3) is 4.18. The summed E-state index contributed by atoms with van der Waals surface area (Å²) in [5, 5.41) is 9.61. The van der Waals surface area contributed by atoms with Gasteiger partial charge in [-0.1, -0.05) is 54.6 Å². The number of carbonyl (C=O) groups is 1. The quantitative estimate of drug-likeness (QED) is 0.633. The lowest BCUT2D eigenvalue weighted by atomic mass is 9.85. The van der Waals surface area contributed by atoms with Crippen molar-refractivity contribution in [2.75, 3.05) is 13.2 Å². The molecule has 2 aromatic carbocycles. The van der Waals surface area contributed by atoms with Crippen LogP contribution < -0.4 is 5.56 Å². The molecule has 1 amide bonds. The third-order valence-corrected chi connectivity index (χ3v) is 6.37. The van der Waals surface area contributed by atoms with Crippen molar-refractivity contribution in [3.05, 3.63) is 94.4 Å². The van der Waals surface area contributed by atoms with E-state index in [2.05, 4.69) is 0 Å². The molecule has 6 heteroatoms. The maximum Gasteiger partial charge on any atom is 0.411 e. The Morgan fingerprint density at radius 3 is 2.31 bits per heavy atom. The lowest BCUT2D eigenvalue weighted by Crippen LogP contribution is -2.49. The maximum absolute atomic E-state index is 13.0. The minimum atomic E-state index is -0.795. The number of rotatable bonds is 6. The van der Waals surface area contributed by atoms with Crippen LogP contribution in [0.2, 0.25) is 0 Å². The van der Waals surface area contributed by atoms with E-state index in [1.807, 2.05) is 73.8 Å². The SMILES string of the molecule is CC(c1ccc(-c2ccc(=O)n(C)c2)cc1)N1CC[C@](CCO)(c2ccccc2)OC1=O. The Labute approximate surface area is 187 Å². The summed E-state index contributed by atoms with van der Waals surface area (Å²) in [6.45, 7) is 2.48. The third-order valence-electron chi connectivity index (χ3n) is 6.37. The van der Waals surface area contributed by atoms with Crippen LogP contribution in [-0.4, -0.2) is 33.8 Å². The number of aliphatic hydroxyl groups excluding tert-OH is 1. The minimum absolute atomic E-state index is 0.0459. The summed E-state index contributed by atoms with van der Waals surface area (Å²) in [6.07, 6.45) is 2.43. The molecule has 1 aliphatic rings. The van der Waals surface area contributed by atoms with Gasteiger partial charge in [0.2, 0.25) is 5.56 Å². The van der Waals surface area contributed by atoms with E-state index in [0.29, 0.717) is 19.4 Å². The van der Waals surface area contributed by atoms with Gasteiger partial charge in [-0.3, -0.25) is 4.79 Å². The van der Waals surface area contributed by atoms with Gasteiger partial charge in [-0.15, -0.1) is 0 Å². The number of pyridine rings is 1. The lowest BCUT2D eigenvalue weighted by Gasteiger charge is -2.43. The number of nitrogens with zero attached hydrogens (tertiary/aromatic N) is 2. The predicted octanol–water partition coefficient (Wildman–Crippen LogP) is 4.23. The van der Waals surface area contributed by atoms with E-state index in [0.717, 1.165) is 22.3 Å². The number of ether oxygens (including phenoxy) is 1. The van der Waals surface area contributed by atoms with Crippen LogP contribution in [0.1, 0.15) is 36.9 Å². The lowest BCUT2D eigenvalue weighted by molar-refractivity contribution is -0.0718. The van der Waals surface area contributed by atoms with Crippen LogP contribution >= 0.6 is 0 Å². The second-order valence-electron chi connectivity index (χ2n) is 8.31. The van der Waals surface area contributed by atoms with Crippen molar-refractivity contribution in [3.8, 4) is 11.1 Å². The summed E-state index contributed by atoms with van der Waals surface area (Å²) in [4.78, 5) is 26.4. The number of carbonyl (C=O) groups excluding carboxylic acids is 1. The van der Waals surface area contributed by atoms with Gasteiger partial charge in [0.05, 0.1) is 6.04 Å². The Morgan fingerprint density at radius 1 is 1.00 bits per heavy atom. The molecule has 0 spiro atoms. The summed E-state index contributed by atoms with van der Waals surface area (Å²) in [6, 6.07) is 20.9. The number of aliphatic hydroxyl groups is 1. The number of aromatic nitrogens is 1. The molecule has 6 nitrogen and oxygen atoms in total. The molecule has 4 rings (SSSR count). The van der Waals surface area contributed by atoms with Crippen LogP contribution in [0.15, 0.2) is 77.7 Å². The molecule has 166 valence electrons. The Morgan fingerprint density at radius 2 is 1.69 bits per heavy atom. The van der Waals surface area contributed by atoms with Gasteiger partial charge in [0.25, 0.3) is 0 Å². The maximum atomic E-state index is 13.0. The number of benzene rings is 2. The van der Waals surface area contributed by atoms with Gasteiger partial charge in [0.15, 0.2) is 0 Å². The smallest absolute Gasteiger partial charge is 0.411 e. The fourth-order valence-electron chi connectivity index (χ4n) is 4.37. The number of hydrogen-bond acceptors (Lipinski definition) is 4. The molecular weight excluding hydrogens is 404 g/mol. The average Bonchev–Trinajstić information content (AvgIpc) is 2.81. The van der Waals surface area contributed by atoms with Crippen LogP contribution in [0.5, 0.6) is 0 Å². The van der Waals surface area contributed by atoms with E-state index in [1.54, 1.807) is 22.6 Å². The fourth-order valence-corrected chi connectivity index (χ4v) is 4.37. The van der Waals surface area contributed by atoms with Gasteiger partial charge in [0, 0.05) is 45.3 Å². The molecule has 32 heavy (non-hydrogen) atoms. The highest BCUT2D eigenvalue weighted by atomic mass is 16.6. The molecule has 1 N–H and O–H groups in total. The zero-order valence-electron chi connectivity index (χ0n) is 18.4. The number of amides is 1. The molecule has 1 aromatic heterocycles. The topological polar surface area (TPSA) is 71.8 Å². The van der Waals surface area contributed by atoms with E-state index < -0.39 is 5.60 Å². The molecule has 1 fully saturated rings. The predicted molar refractivity (Wildman–Crippen MR) is 123 cm³/mol. The second-order valence-corrected chi connectivity index (χ2v) is 8.31. The molecule has 1 aliphatic heterocycles. The molecule has 1 saturated heterocycles. The highest BCUT2D eigenvalue weighted by Crippen LogP contribution is 2.39. The van der Waals surface area contributed by atoms with Crippen molar-refractivity contribution in [1.29, 1.82) is 0 Å². The first-order valence-electron chi connectivity index (χ1n) is 10.9. The fraction of sp³-hybridized carbons (Fsp3) is 0.308. The van der Waals surface area contributed by atoms with Gasteiger partial charge in [-0.05, 0) is 35.2 Å². The molecule has 0 bridgehead atoms. The highest BCUT2D eigenvalue weighted by Gasteiger charge is 2.43. The van der Waals surface area contributed by atoms with E-state index >= 15 is 0 Å². The van der Waals surface area contributed by atoms with Crippen molar-refractivity contribution in [2.45, 2.75) is 31.4 Å². The number of aryl methyl sites for hydroxylation is 1. The summed E-state index contributed by atoms with van der Waals surface area (Å²) < 4.78 is 7.52. The first kappa shape index (κ1) is 21.8. The summed E-state index contributed by atoms with van der Waals surface area (Å²) in [5.74, 6) is 0. The van der Waals surface area contributed by atoms with Crippen molar-refractivity contribution in [1.82, 2.24) is 9.47 Å². The monoisotopic (exact) mass is 432 g/mol. The molecule has 3 aromatic rings. The van der Waals surface area contributed by atoms with Crippen molar-refractivity contribution in [2.24, 2.45) is 7.05 Å².